The largest absolute Gasteiger partial charge is 0.469 e. The number of unbranched alkanes of at least 4 members (excludes halogenated alkanes) is 3. The van der Waals surface area contributed by atoms with Gasteiger partial charge in [0.2, 0.25) is 0 Å². The van der Waals surface area contributed by atoms with Gasteiger partial charge in [-0.05, 0) is 25.7 Å². The van der Waals surface area contributed by atoms with E-state index in [2.05, 4.69) is 11.4 Å². The lowest BCUT2D eigenvalue weighted by Crippen LogP contribution is -2.29. The van der Waals surface area contributed by atoms with Crippen LogP contribution in [0.4, 0.5) is 0 Å². The molecule has 1 saturated carbocycles. The van der Waals surface area contributed by atoms with Crippen molar-refractivity contribution in [1.29, 1.82) is 0 Å². The van der Waals surface area contributed by atoms with Crippen LogP contribution in [-0.4, -0.2) is 69.2 Å². The molecule has 5 atom stereocenters. The molecule has 1 fully saturated rings. The Balaban J connectivity index is 2.46. The topological polar surface area (TPSA) is 177 Å². The summed E-state index contributed by atoms with van der Waals surface area (Å²) in [4.78, 5) is 52.9. The molecule has 37 heavy (non-hydrogen) atoms. The summed E-state index contributed by atoms with van der Waals surface area (Å²) in [5, 5.41) is 20.4. The van der Waals surface area contributed by atoms with Crippen LogP contribution in [0.5, 0.6) is 0 Å². The van der Waals surface area contributed by atoms with Crippen LogP contribution in [0.2, 0.25) is 0 Å². The minimum absolute atomic E-state index is 0.0165. The van der Waals surface area contributed by atoms with Gasteiger partial charge in [0.1, 0.15) is 12.4 Å². The first-order valence-electron chi connectivity index (χ1n) is 12.7. The molecular weight excluding hydrogens is 507 g/mol. The summed E-state index contributed by atoms with van der Waals surface area (Å²) in [6.07, 6.45) is 9.74. The zero-order valence-corrected chi connectivity index (χ0v) is 22.5. The molecule has 0 heterocycles. The minimum Gasteiger partial charge on any atom is -0.462 e. The number of esters is 2. The van der Waals surface area contributed by atoms with Crippen LogP contribution in [0.3, 0.4) is 0 Å². The van der Waals surface area contributed by atoms with Crippen LogP contribution < -0.4 is 0 Å². The van der Waals surface area contributed by atoms with Crippen molar-refractivity contribution in [3.8, 4) is 0 Å². The second-order valence-corrected chi connectivity index (χ2v) is 10.4. The monoisotopic (exact) mass is 548 g/mol. The van der Waals surface area contributed by atoms with Gasteiger partial charge in [-0.15, -0.1) is 0 Å². The number of aliphatic hydroxyl groups is 2. The summed E-state index contributed by atoms with van der Waals surface area (Å²) >= 11 is 0. The molecule has 0 unspecified atom stereocenters. The SMILES string of the molecule is CCCCC[C@H](O)/C=C/[C@H]1C(=O)C[C@H](O)[C@@H]1C/C=C\CCCC(=O)O[C@H](COC(C)=O)COP(=O)(O)O. The van der Waals surface area contributed by atoms with Gasteiger partial charge in [0.15, 0.2) is 6.10 Å². The van der Waals surface area contributed by atoms with Gasteiger partial charge in [-0.25, -0.2) is 4.57 Å². The molecule has 1 aliphatic carbocycles. The van der Waals surface area contributed by atoms with Gasteiger partial charge in [-0.1, -0.05) is 50.5 Å². The van der Waals surface area contributed by atoms with E-state index < -0.39 is 57.2 Å². The number of carbonyl (C=O) groups excluding carboxylic acids is 3. The molecule has 0 aliphatic heterocycles. The van der Waals surface area contributed by atoms with Crippen molar-refractivity contribution in [2.24, 2.45) is 11.8 Å². The third-order valence-electron chi connectivity index (χ3n) is 5.91. The van der Waals surface area contributed by atoms with Gasteiger partial charge in [0, 0.05) is 31.6 Å². The molecule has 0 aromatic heterocycles. The number of phosphoric acid groups is 1. The Labute approximate surface area is 218 Å². The van der Waals surface area contributed by atoms with E-state index in [-0.39, 0.29) is 24.5 Å². The molecule has 0 saturated heterocycles. The summed E-state index contributed by atoms with van der Waals surface area (Å²) in [6.45, 7) is 2.21. The first-order chi connectivity index (χ1) is 17.4. The minimum atomic E-state index is -4.78. The average Bonchev–Trinajstić information content (AvgIpc) is 3.07. The summed E-state index contributed by atoms with van der Waals surface area (Å²) < 4.78 is 25.0. The number of hydrogen-bond acceptors (Lipinski definition) is 9. The Bertz CT molecular complexity index is 819. The van der Waals surface area contributed by atoms with Crippen LogP contribution in [0.1, 0.15) is 71.6 Å². The molecule has 0 spiro atoms. The third kappa shape index (κ3) is 15.2. The lowest BCUT2D eigenvalue weighted by atomic mass is 9.90. The molecule has 12 heteroatoms. The second-order valence-electron chi connectivity index (χ2n) is 9.18. The summed E-state index contributed by atoms with van der Waals surface area (Å²) in [5.41, 5.74) is 0. The van der Waals surface area contributed by atoms with Crippen molar-refractivity contribution in [1.82, 2.24) is 0 Å². The normalized spacial score (nSPS) is 22.0. The fourth-order valence-corrected chi connectivity index (χ4v) is 4.32. The van der Waals surface area contributed by atoms with E-state index in [4.69, 9.17) is 19.3 Å². The molecule has 0 amide bonds. The van der Waals surface area contributed by atoms with Gasteiger partial charge < -0.3 is 29.5 Å². The van der Waals surface area contributed by atoms with Gasteiger partial charge in [0.05, 0.1) is 18.8 Å². The molecule has 4 N–H and O–H groups in total. The molecule has 0 radical (unpaired) electrons. The molecule has 0 bridgehead atoms. The number of ketones is 1. The van der Waals surface area contributed by atoms with Crippen molar-refractivity contribution in [2.45, 2.75) is 89.9 Å². The number of hydrogen-bond donors (Lipinski definition) is 4. The quantitative estimate of drug-likeness (QED) is 0.0857. The number of carbonyl (C=O) groups is 3. The zero-order valence-electron chi connectivity index (χ0n) is 21.6. The van der Waals surface area contributed by atoms with E-state index in [9.17, 15) is 29.2 Å². The summed E-state index contributed by atoms with van der Waals surface area (Å²) in [5.74, 6) is -2.04. The number of Topliss-reactive ketones (excluding diaryl/α,β-unsaturated/α-hetero) is 1. The highest BCUT2D eigenvalue weighted by Gasteiger charge is 2.39. The summed E-state index contributed by atoms with van der Waals surface area (Å²) in [7, 11) is -4.78. The standard InChI is InChI=1S/C25H41O11P/c1-3-4-7-10-19(27)13-14-22-21(23(28)15-24(22)29)11-8-5-6-9-12-25(30)36-20(16-34-18(2)26)17-35-37(31,32)33/h5,8,13-14,19-23,27-28H,3-4,6-7,9-12,15-17H2,1-2H3,(H2,31,32,33)/b8-5-,14-13+/t19-,20+,21+,22+,23-/m0/s1. The van der Waals surface area contributed by atoms with Gasteiger partial charge in [0.25, 0.3) is 0 Å². The lowest BCUT2D eigenvalue weighted by Gasteiger charge is -2.18. The smallest absolute Gasteiger partial charge is 0.462 e. The van der Waals surface area contributed by atoms with Gasteiger partial charge in [-0.3, -0.25) is 18.9 Å². The van der Waals surface area contributed by atoms with E-state index >= 15 is 0 Å². The first-order valence-corrected chi connectivity index (χ1v) is 14.2. The predicted molar refractivity (Wildman–Crippen MR) is 134 cm³/mol. The fraction of sp³-hybridized carbons (Fsp3) is 0.720. The third-order valence-corrected chi connectivity index (χ3v) is 6.39. The van der Waals surface area contributed by atoms with E-state index in [0.29, 0.717) is 25.7 Å². The predicted octanol–water partition coefficient (Wildman–Crippen LogP) is 2.75. The van der Waals surface area contributed by atoms with Crippen LogP contribution >= 0.6 is 7.82 Å². The van der Waals surface area contributed by atoms with Crippen molar-refractivity contribution in [3.05, 3.63) is 24.3 Å². The number of aliphatic hydroxyl groups excluding tert-OH is 2. The highest BCUT2D eigenvalue weighted by molar-refractivity contribution is 7.46. The van der Waals surface area contributed by atoms with Crippen LogP contribution in [0.25, 0.3) is 0 Å². The van der Waals surface area contributed by atoms with Crippen molar-refractivity contribution in [2.75, 3.05) is 13.2 Å². The van der Waals surface area contributed by atoms with Crippen LogP contribution in [0, 0.1) is 11.8 Å². The maximum Gasteiger partial charge on any atom is 0.469 e. The van der Waals surface area contributed by atoms with Gasteiger partial charge in [-0.2, -0.15) is 0 Å². The van der Waals surface area contributed by atoms with E-state index in [1.165, 1.54) is 0 Å². The highest BCUT2D eigenvalue weighted by atomic mass is 31.2. The van der Waals surface area contributed by atoms with E-state index in [0.717, 1.165) is 26.2 Å². The molecular formula is C25H41O11P. The van der Waals surface area contributed by atoms with E-state index in [1.54, 1.807) is 12.2 Å². The molecule has 0 aromatic carbocycles. The van der Waals surface area contributed by atoms with Crippen molar-refractivity contribution in [3.63, 3.8) is 0 Å². The second kappa shape index (κ2) is 17.6. The fourth-order valence-electron chi connectivity index (χ4n) is 3.96. The van der Waals surface area contributed by atoms with Crippen molar-refractivity contribution < 1.29 is 52.9 Å². The Kier molecular flexibility index (Phi) is 15.8. The van der Waals surface area contributed by atoms with Crippen molar-refractivity contribution >= 4 is 25.5 Å². The highest BCUT2D eigenvalue weighted by Crippen LogP contribution is 2.36. The average molecular weight is 549 g/mol. The number of rotatable bonds is 18. The summed E-state index contributed by atoms with van der Waals surface area (Å²) in [6, 6.07) is 0. The first kappa shape index (κ1) is 33.1. The Hall–Kier alpha value is -1.88. The Morgan fingerprint density at radius 2 is 1.89 bits per heavy atom. The molecule has 11 nitrogen and oxygen atoms in total. The Morgan fingerprint density at radius 1 is 1.16 bits per heavy atom. The number of ether oxygens (including phenoxy) is 2. The lowest BCUT2D eigenvalue weighted by molar-refractivity contribution is -0.160. The molecule has 1 rings (SSSR count). The Morgan fingerprint density at radius 3 is 2.54 bits per heavy atom. The molecule has 212 valence electrons. The maximum absolute atomic E-state index is 12.3. The maximum atomic E-state index is 12.3. The number of allylic oxidation sites excluding steroid dienone is 3. The van der Waals surface area contributed by atoms with Gasteiger partial charge >= 0.3 is 19.8 Å². The van der Waals surface area contributed by atoms with E-state index in [1.807, 2.05) is 12.2 Å². The van der Waals surface area contributed by atoms with Crippen LogP contribution in [-0.2, 0) is 32.9 Å². The molecule has 0 aromatic rings. The number of phosphoric ester groups is 1. The molecule has 1 aliphatic rings. The van der Waals surface area contributed by atoms with Crippen LogP contribution in [0.15, 0.2) is 24.3 Å². The zero-order chi connectivity index (χ0) is 27.8.